The van der Waals surface area contributed by atoms with Crippen LogP contribution in [0, 0.1) is 13.8 Å². The van der Waals surface area contributed by atoms with Gasteiger partial charge in [0.15, 0.2) is 0 Å². The normalized spacial score (nSPS) is 16.7. The molecule has 0 spiro atoms. The molecule has 0 saturated carbocycles. The summed E-state index contributed by atoms with van der Waals surface area (Å²) >= 11 is 3.33. The highest BCUT2D eigenvalue weighted by Crippen LogP contribution is 2.28. The number of anilines is 1. The van der Waals surface area contributed by atoms with Crippen LogP contribution in [0.4, 0.5) is 10.5 Å². The van der Waals surface area contributed by atoms with Gasteiger partial charge in [-0.05, 0) is 76.6 Å². The van der Waals surface area contributed by atoms with Crippen molar-refractivity contribution in [3.05, 3.63) is 57.3 Å². The Morgan fingerprint density at radius 1 is 1.04 bits per heavy atom. The van der Waals surface area contributed by atoms with Crippen LogP contribution in [-0.4, -0.2) is 22.4 Å². The number of nitrogens with zero attached hydrogens (tertiary/aromatic N) is 2. The Balaban J connectivity index is 2.06. The number of hydrogen-bond acceptors (Lipinski definition) is 3. The highest BCUT2D eigenvalue weighted by Gasteiger charge is 2.37. The molecule has 1 saturated heterocycles. The van der Waals surface area contributed by atoms with Crippen LogP contribution in [0.2, 0.25) is 0 Å². The zero-order valence-corrected chi connectivity index (χ0v) is 18.0. The first-order chi connectivity index (χ1) is 13.0. The average Bonchev–Trinajstić information content (AvgIpc) is 2.86. The summed E-state index contributed by atoms with van der Waals surface area (Å²) in [4.78, 5) is 38.6. The Morgan fingerprint density at radius 3 is 2.18 bits per heavy atom. The van der Waals surface area contributed by atoms with Gasteiger partial charge in [-0.15, -0.1) is 0 Å². The van der Waals surface area contributed by atoms with E-state index in [0.29, 0.717) is 5.69 Å². The lowest BCUT2D eigenvalue weighted by Gasteiger charge is -2.27. The Labute approximate surface area is 172 Å². The number of halogens is 1. The van der Waals surface area contributed by atoms with E-state index in [0.717, 1.165) is 26.3 Å². The molecular weight excluding hydrogens is 422 g/mol. The van der Waals surface area contributed by atoms with Crippen molar-refractivity contribution in [3.8, 4) is 0 Å². The van der Waals surface area contributed by atoms with Gasteiger partial charge in [0, 0.05) is 21.4 Å². The molecule has 1 N–H and O–H groups in total. The van der Waals surface area contributed by atoms with Crippen LogP contribution in [0.5, 0.6) is 0 Å². The van der Waals surface area contributed by atoms with Gasteiger partial charge in [-0.1, -0.05) is 15.9 Å². The van der Waals surface area contributed by atoms with Gasteiger partial charge in [0.2, 0.25) is 0 Å². The van der Waals surface area contributed by atoms with E-state index in [-0.39, 0.29) is 11.1 Å². The molecule has 1 aliphatic heterocycles. The number of imide groups is 2. The third-order valence-corrected chi connectivity index (χ3v) is 5.16. The van der Waals surface area contributed by atoms with Gasteiger partial charge in [0.1, 0.15) is 5.57 Å². The zero-order valence-electron chi connectivity index (χ0n) is 16.5. The topological polar surface area (TPSA) is 71.4 Å². The summed E-state index contributed by atoms with van der Waals surface area (Å²) in [5.41, 5.74) is 2.94. The van der Waals surface area contributed by atoms with Crippen LogP contribution in [0.25, 0.3) is 6.08 Å². The van der Waals surface area contributed by atoms with Gasteiger partial charge in [-0.2, -0.15) is 0 Å². The van der Waals surface area contributed by atoms with Crippen molar-refractivity contribution in [1.82, 2.24) is 9.88 Å². The number of aromatic nitrogens is 1. The van der Waals surface area contributed by atoms with E-state index in [1.807, 2.05) is 19.9 Å². The molecule has 2 aromatic rings. The fourth-order valence-electron chi connectivity index (χ4n) is 3.60. The number of hydrogen-bond donors (Lipinski definition) is 1. The van der Waals surface area contributed by atoms with Crippen molar-refractivity contribution in [2.24, 2.45) is 0 Å². The smallest absolute Gasteiger partial charge is 0.335 e. The number of carbonyl (C=O) groups excluding carboxylic acids is 3. The molecule has 2 heterocycles. The lowest BCUT2D eigenvalue weighted by atomic mass is 10.1. The lowest BCUT2D eigenvalue weighted by Crippen LogP contribution is -2.54. The summed E-state index contributed by atoms with van der Waals surface area (Å²) in [6.45, 7) is 10.2. The van der Waals surface area contributed by atoms with E-state index in [9.17, 15) is 14.4 Å². The Hall–Kier alpha value is -2.67. The molecule has 1 aliphatic rings. The van der Waals surface area contributed by atoms with Crippen LogP contribution in [-0.2, 0) is 15.1 Å². The van der Waals surface area contributed by atoms with Crippen molar-refractivity contribution in [1.29, 1.82) is 0 Å². The Kier molecular flexibility index (Phi) is 5.06. The number of amides is 4. The molecule has 4 amide bonds. The number of rotatable bonds is 2. The predicted octanol–water partition coefficient (Wildman–Crippen LogP) is 4.29. The third-order valence-electron chi connectivity index (χ3n) is 4.63. The van der Waals surface area contributed by atoms with Gasteiger partial charge in [-0.3, -0.25) is 14.9 Å². The number of aryl methyl sites for hydroxylation is 1. The molecule has 28 heavy (non-hydrogen) atoms. The minimum Gasteiger partial charge on any atom is -0.343 e. The molecular formula is C21H22BrN3O3. The molecule has 3 rings (SSSR count). The van der Waals surface area contributed by atoms with Crippen LogP contribution in [0.3, 0.4) is 0 Å². The number of benzene rings is 1. The number of barbiturate groups is 1. The summed E-state index contributed by atoms with van der Waals surface area (Å²) in [7, 11) is 0. The molecule has 0 aliphatic carbocycles. The molecule has 0 atom stereocenters. The standard InChI is InChI=1S/C21H22BrN3O3/c1-12-10-14(13(2)25(12)21(3,4)5)11-17-18(26)23-20(28)24(19(17)27)16-8-6-15(22)7-9-16/h6-11H,1-5H3,(H,23,26,28)/b17-11+. The van der Waals surface area contributed by atoms with Crippen molar-refractivity contribution in [3.63, 3.8) is 0 Å². The van der Waals surface area contributed by atoms with E-state index in [2.05, 4.69) is 46.6 Å². The molecule has 1 fully saturated rings. The molecule has 146 valence electrons. The monoisotopic (exact) mass is 443 g/mol. The predicted molar refractivity (Wildman–Crippen MR) is 112 cm³/mol. The van der Waals surface area contributed by atoms with Crippen molar-refractivity contribution >= 4 is 45.5 Å². The highest BCUT2D eigenvalue weighted by atomic mass is 79.9. The SMILES string of the molecule is Cc1cc(/C=C2\C(=O)NC(=O)N(c3ccc(Br)cc3)C2=O)c(C)n1C(C)(C)C. The minimum absolute atomic E-state index is 0.0725. The van der Waals surface area contributed by atoms with E-state index in [1.54, 1.807) is 30.3 Å². The second-order valence-electron chi connectivity index (χ2n) is 7.77. The van der Waals surface area contributed by atoms with Crippen LogP contribution < -0.4 is 10.2 Å². The van der Waals surface area contributed by atoms with Gasteiger partial charge >= 0.3 is 6.03 Å². The van der Waals surface area contributed by atoms with E-state index < -0.39 is 17.8 Å². The summed E-state index contributed by atoms with van der Waals surface area (Å²) in [5.74, 6) is -1.33. The maximum Gasteiger partial charge on any atom is 0.335 e. The third kappa shape index (κ3) is 3.54. The first-order valence-corrected chi connectivity index (χ1v) is 9.66. The van der Waals surface area contributed by atoms with Gasteiger partial charge in [-0.25, -0.2) is 9.69 Å². The second kappa shape index (κ2) is 7.05. The molecule has 0 bridgehead atoms. The highest BCUT2D eigenvalue weighted by molar-refractivity contribution is 9.10. The fourth-order valence-corrected chi connectivity index (χ4v) is 3.87. The maximum atomic E-state index is 13.0. The number of carbonyl (C=O) groups is 3. The molecule has 0 unspecified atom stereocenters. The van der Waals surface area contributed by atoms with Gasteiger partial charge in [0.05, 0.1) is 5.69 Å². The molecule has 0 radical (unpaired) electrons. The van der Waals surface area contributed by atoms with Crippen LogP contribution >= 0.6 is 15.9 Å². The van der Waals surface area contributed by atoms with Crippen molar-refractivity contribution < 1.29 is 14.4 Å². The summed E-state index contributed by atoms with van der Waals surface area (Å²) in [6, 6.07) is 7.92. The molecule has 1 aromatic heterocycles. The maximum absolute atomic E-state index is 13.0. The Bertz CT molecular complexity index is 1010. The van der Waals surface area contributed by atoms with Crippen molar-refractivity contribution in [2.75, 3.05) is 4.90 Å². The van der Waals surface area contributed by atoms with E-state index in [1.165, 1.54) is 0 Å². The quantitative estimate of drug-likeness (QED) is 0.555. The molecule has 7 heteroatoms. The average molecular weight is 444 g/mol. The first kappa shape index (κ1) is 20.1. The lowest BCUT2D eigenvalue weighted by molar-refractivity contribution is -0.122. The molecule has 6 nitrogen and oxygen atoms in total. The summed E-state index contributed by atoms with van der Waals surface area (Å²) in [5, 5.41) is 2.25. The van der Waals surface area contributed by atoms with Crippen LogP contribution in [0.1, 0.15) is 37.7 Å². The Morgan fingerprint density at radius 2 is 1.64 bits per heavy atom. The second-order valence-corrected chi connectivity index (χ2v) is 8.68. The number of nitrogens with one attached hydrogen (secondary N) is 1. The first-order valence-electron chi connectivity index (χ1n) is 8.87. The van der Waals surface area contributed by atoms with E-state index in [4.69, 9.17) is 0 Å². The van der Waals surface area contributed by atoms with Crippen molar-refractivity contribution in [2.45, 2.75) is 40.2 Å². The minimum atomic E-state index is -0.755. The number of urea groups is 1. The zero-order chi connectivity index (χ0) is 20.8. The van der Waals surface area contributed by atoms with E-state index >= 15 is 0 Å². The van der Waals surface area contributed by atoms with Crippen LogP contribution in [0.15, 0.2) is 40.4 Å². The fraction of sp³-hybridized carbons (Fsp3) is 0.286. The molecule has 1 aromatic carbocycles. The van der Waals surface area contributed by atoms with Gasteiger partial charge in [0.25, 0.3) is 11.8 Å². The van der Waals surface area contributed by atoms with Gasteiger partial charge < -0.3 is 4.57 Å². The summed E-state index contributed by atoms with van der Waals surface area (Å²) in [6.07, 6.45) is 1.56. The summed E-state index contributed by atoms with van der Waals surface area (Å²) < 4.78 is 2.98. The largest absolute Gasteiger partial charge is 0.343 e.